The highest BCUT2D eigenvalue weighted by Crippen LogP contribution is 2.25. The van der Waals surface area contributed by atoms with E-state index in [0.717, 1.165) is 31.7 Å². The zero-order valence-corrected chi connectivity index (χ0v) is 17.0. The van der Waals surface area contributed by atoms with Crippen LogP contribution >= 0.6 is 12.4 Å². The van der Waals surface area contributed by atoms with E-state index in [4.69, 9.17) is 0 Å². The summed E-state index contributed by atoms with van der Waals surface area (Å²) in [5, 5.41) is 3.38. The Morgan fingerprint density at radius 2 is 1.64 bits per heavy atom. The summed E-state index contributed by atoms with van der Waals surface area (Å²) in [5.74, 6) is 0. The summed E-state index contributed by atoms with van der Waals surface area (Å²) in [4.78, 5) is 2.83. The summed E-state index contributed by atoms with van der Waals surface area (Å²) in [6.45, 7) is 11.3. The molecular formula is C18H30ClN3O2S. The van der Waals surface area contributed by atoms with Gasteiger partial charge in [0.15, 0.2) is 0 Å². The van der Waals surface area contributed by atoms with Crippen molar-refractivity contribution in [1.29, 1.82) is 0 Å². The summed E-state index contributed by atoms with van der Waals surface area (Å²) < 4.78 is 27.4. The van der Waals surface area contributed by atoms with Gasteiger partial charge in [-0.1, -0.05) is 32.9 Å². The maximum atomic E-state index is 12.9. The number of benzene rings is 1. The number of nitrogens with one attached hydrogen (secondary N) is 1. The second-order valence-electron chi connectivity index (χ2n) is 7.86. The molecule has 2 saturated heterocycles. The van der Waals surface area contributed by atoms with Crippen molar-refractivity contribution >= 4 is 22.4 Å². The molecule has 7 heteroatoms. The summed E-state index contributed by atoms with van der Waals surface area (Å²) in [7, 11) is -3.38. The zero-order valence-electron chi connectivity index (χ0n) is 15.4. The van der Waals surface area contributed by atoms with E-state index < -0.39 is 10.0 Å². The van der Waals surface area contributed by atoms with Crippen LogP contribution in [-0.2, 0) is 15.4 Å². The first-order valence-electron chi connectivity index (χ1n) is 8.84. The maximum Gasteiger partial charge on any atom is 0.243 e. The predicted molar refractivity (Wildman–Crippen MR) is 104 cm³/mol. The fourth-order valence-corrected chi connectivity index (χ4v) is 4.96. The summed E-state index contributed by atoms with van der Waals surface area (Å²) in [5.41, 5.74) is 1.18. The minimum atomic E-state index is -3.38. The second kappa shape index (κ2) is 7.92. The lowest BCUT2D eigenvalue weighted by atomic mass is 9.87. The van der Waals surface area contributed by atoms with Crippen molar-refractivity contribution in [1.82, 2.24) is 14.5 Å². The molecule has 1 aromatic carbocycles. The molecule has 0 bridgehead atoms. The Morgan fingerprint density at radius 3 is 2.12 bits per heavy atom. The highest BCUT2D eigenvalue weighted by molar-refractivity contribution is 7.89. The molecule has 1 aromatic rings. The highest BCUT2D eigenvalue weighted by Gasteiger charge is 2.32. The number of hydrogen-bond donors (Lipinski definition) is 1. The Hall–Kier alpha value is -0.660. The molecule has 0 amide bonds. The van der Waals surface area contributed by atoms with Crippen LogP contribution in [0.5, 0.6) is 0 Å². The van der Waals surface area contributed by atoms with E-state index in [2.05, 4.69) is 31.0 Å². The lowest BCUT2D eigenvalue weighted by Crippen LogP contribution is -2.52. The topological polar surface area (TPSA) is 52.7 Å². The van der Waals surface area contributed by atoms with Gasteiger partial charge in [-0.3, -0.25) is 4.90 Å². The quantitative estimate of drug-likeness (QED) is 0.862. The van der Waals surface area contributed by atoms with Gasteiger partial charge in [0, 0.05) is 38.8 Å². The number of hydrogen-bond acceptors (Lipinski definition) is 4. The fraction of sp³-hybridized carbons (Fsp3) is 0.667. The van der Waals surface area contributed by atoms with Gasteiger partial charge in [0.05, 0.1) is 4.90 Å². The first kappa shape index (κ1) is 20.6. The molecule has 0 aromatic heterocycles. The Bertz CT molecular complexity index is 657. The molecule has 2 fully saturated rings. The smallest absolute Gasteiger partial charge is 0.243 e. The van der Waals surface area contributed by atoms with Gasteiger partial charge >= 0.3 is 0 Å². The van der Waals surface area contributed by atoms with Gasteiger partial charge in [-0.05, 0) is 36.1 Å². The van der Waals surface area contributed by atoms with Gasteiger partial charge in [0.25, 0.3) is 0 Å². The van der Waals surface area contributed by atoms with E-state index in [1.807, 2.05) is 12.1 Å². The molecule has 1 unspecified atom stereocenters. The minimum absolute atomic E-state index is 0. The van der Waals surface area contributed by atoms with Gasteiger partial charge < -0.3 is 5.32 Å². The molecule has 1 N–H and O–H groups in total. The number of sulfonamides is 1. The highest BCUT2D eigenvalue weighted by atomic mass is 35.5. The van der Waals surface area contributed by atoms with Crippen molar-refractivity contribution in [2.45, 2.75) is 43.5 Å². The van der Waals surface area contributed by atoms with Gasteiger partial charge in [0.1, 0.15) is 0 Å². The van der Waals surface area contributed by atoms with E-state index in [0.29, 0.717) is 24.0 Å². The van der Waals surface area contributed by atoms with Crippen LogP contribution in [0.25, 0.3) is 0 Å². The predicted octanol–water partition coefficient (Wildman–Crippen LogP) is 2.07. The molecule has 2 aliphatic heterocycles. The number of rotatable bonds is 3. The standard InChI is InChI=1S/C18H29N3O2S.ClH/c1-18(2,3)15-4-6-17(7-5-15)24(22,23)21-12-10-20(11-13-21)16-8-9-19-14-16;/h4-7,16,19H,8-14H2,1-3H3;1H. The fourth-order valence-electron chi connectivity index (χ4n) is 3.54. The molecule has 0 radical (unpaired) electrons. The first-order chi connectivity index (χ1) is 11.3. The molecule has 3 rings (SSSR count). The summed E-state index contributed by atoms with van der Waals surface area (Å²) in [6.07, 6.45) is 1.17. The lowest BCUT2D eigenvalue weighted by molar-refractivity contribution is 0.145. The Morgan fingerprint density at radius 1 is 1.04 bits per heavy atom. The number of halogens is 1. The van der Waals surface area contributed by atoms with E-state index in [1.54, 1.807) is 16.4 Å². The Kier molecular flexibility index (Phi) is 6.55. The zero-order chi connectivity index (χ0) is 17.4. The van der Waals surface area contributed by atoms with Crippen LogP contribution in [0, 0.1) is 0 Å². The molecule has 0 saturated carbocycles. The van der Waals surface area contributed by atoms with Gasteiger partial charge in [-0.25, -0.2) is 8.42 Å². The first-order valence-corrected chi connectivity index (χ1v) is 10.3. The summed E-state index contributed by atoms with van der Waals surface area (Å²) >= 11 is 0. The van der Waals surface area contributed by atoms with Gasteiger partial charge in [-0.15, -0.1) is 12.4 Å². The molecule has 1 atom stereocenters. The molecule has 25 heavy (non-hydrogen) atoms. The van der Waals surface area contributed by atoms with E-state index in [-0.39, 0.29) is 17.8 Å². The van der Waals surface area contributed by atoms with Crippen LogP contribution < -0.4 is 5.32 Å². The number of nitrogens with zero attached hydrogens (tertiary/aromatic N) is 2. The van der Waals surface area contributed by atoms with Crippen LogP contribution in [0.15, 0.2) is 29.2 Å². The molecular weight excluding hydrogens is 358 g/mol. The minimum Gasteiger partial charge on any atom is -0.315 e. The van der Waals surface area contributed by atoms with Crippen molar-refractivity contribution in [3.8, 4) is 0 Å². The Balaban J connectivity index is 0.00000225. The third kappa shape index (κ3) is 4.55. The molecule has 2 aliphatic rings. The summed E-state index contributed by atoms with van der Waals surface area (Å²) in [6, 6.07) is 7.95. The van der Waals surface area contributed by atoms with Crippen LogP contribution in [0.2, 0.25) is 0 Å². The lowest BCUT2D eigenvalue weighted by Gasteiger charge is -2.37. The molecule has 142 valence electrons. The monoisotopic (exact) mass is 387 g/mol. The Labute approximate surface area is 158 Å². The molecule has 5 nitrogen and oxygen atoms in total. The average Bonchev–Trinajstić information content (AvgIpc) is 3.09. The normalized spacial score (nSPS) is 23.4. The van der Waals surface area contributed by atoms with E-state index >= 15 is 0 Å². The third-order valence-corrected chi connectivity index (χ3v) is 7.09. The SMILES string of the molecule is CC(C)(C)c1ccc(S(=O)(=O)N2CCN(C3CCNC3)CC2)cc1.Cl. The van der Waals surface area contributed by atoms with Gasteiger partial charge in [0.2, 0.25) is 10.0 Å². The third-order valence-electron chi connectivity index (χ3n) is 5.18. The van der Waals surface area contributed by atoms with Crippen molar-refractivity contribution < 1.29 is 8.42 Å². The van der Waals surface area contributed by atoms with Gasteiger partial charge in [-0.2, -0.15) is 4.31 Å². The van der Waals surface area contributed by atoms with Crippen LogP contribution in [0.3, 0.4) is 0 Å². The van der Waals surface area contributed by atoms with Crippen molar-refractivity contribution in [3.63, 3.8) is 0 Å². The largest absolute Gasteiger partial charge is 0.315 e. The van der Waals surface area contributed by atoms with Crippen molar-refractivity contribution in [2.24, 2.45) is 0 Å². The van der Waals surface area contributed by atoms with Crippen LogP contribution in [0.4, 0.5) is 0 Å². The molecule has 0 spiro atoms. The van der Waals surface area contributed by atoms with Crippen LogP contribution in [0.1, 0.15) is 32.8 Å². The molecule has 0 aliphatic carbocycles. The average molecular weight is 388 g/mol. The van der Waals surface area contributed by atoms with Crippen molar-refractivity contribution in [2.75, 3.05) is 39.3 Å². The van der Waals surface area contributed by atoms with E-state index in [1.165, 1.54) is 6.42 Å². The molecule has 2 heterocycles. The number of piperazine rings is 1. The second-order valence-corrected chi connectivity index (χ2v) is 9.80. The van der Waals surface area contributed by atoms with Crippen LogP contribution in [-0.4, -0.2) is 62.9 Å². The maximum absolute atomic E-state index is 12.9. The van der Waals surface area contributed by atoms with E-state index in [9.17, 15) is 8.42 Å². The van der Waals surface area contributed by atoms with Crippen molar-refractivity contribution in [3.05, 3.63) is 29.8 Å².